The van der Waals surface area contributed by atoms with Crippen LogP contribution in [0.1, 0.15) is 36.2 Å². The first-order valence-corrected chi connectivity index (χ1v) is 8.03. The first-order valence-electron chi connectivity index (χ1n) is 8.03. The van der Waals surface area contributed by atoms with E-state index in [2.05, 4.69) is 10.6 Å². The zero-order valence-corrected chi connectivity index (χ0v) is 14.0. The summed E-state index contributed by atoms with van der Waals surface area (Å²) in [6.45, 7) is 3.97. The average Bonchev–Trinajstić information content (AvgIpc) is 2.61. The Morgan fingerprint density at radius 2 is 1.83 bits per heavy atom. The number of hydrogen-bond donors (Lipinski definition) is 2. The molecule has 2 amide bonds. The lowest BCUT2D eigenvalue weighted by atomic mass is 10.1. The maximum atomic E-state index is 12.1. The topological polar surface area (TPSA) is 58.2 Å². The van der Waals surface area contributed by atoms with Crippen LogP contribution in [-0.2, 0) is 4.79 Å². The first kappa shape index (κ1) is 17.5. The molecule has 2 aromatic carbocycles. The number of hydrogen-bond acceptors (Lipinski definition) is 2. The lowest BCUT2D eigenvalue weighted by Crippen LogP contribution is -2.31. The number of carbonyl (C=O) groups excluding carboxylic acids is 2. The van der Waals surface area contributed by atoms with E-state index >= 15 is 0 Å². The van der Waals surface area contributed by atoms with Crippen LogP contribution < -0.4 is 10.6 Å². The molecular weight excluding hydrogens is 300 g/mol. The number of anilines is 1. The summed E-state index contributed by atoms with van der Waals surface area (Å²) in [6, 6.07) is 16.6. The zero-order chi connectivity index (χ0) is 17.4. The van der Waals surface area contributed by atoms with Crippen LogP contribution in [0.5, 0.6) is 0 Å². The van der Waals surface area contributed by atoms with Gasteiger partial charge in [0.05, 0.1) is 0 Å². The Kier molecular flexibility index (Phi) is 6.32. The molecule has 0 aliphatic rings. The van der Waals surface area contributed by atoms with Gasteiger partial charge in [-0.15, -0.1) is 0 Å². The summed E-state index contributed by atoms with van der Waals surface area (Å²) in [5, 5.41) is 5.68. The molecule has 2 N–H and O–H groups in total. The van der Waals surface area contributed by atoms with E-state index in [1.54, 1.807) is 30.3 Å². The van der Waals surface area contributed by atoms with Gasteiger partial charge in [-0.1, -0.05) is 43.3 Å². The minimum atomic E-state index is -0.238. The van der Waals surface area contributed by atoms with Crippen molar-refractivity contribution in [1.82, 2.24) is 5.32 Å². The molecule has 1 unspecified atom stereocenters. The smallest absolute Gasteiger partial charge is 0.251 e. The predicted octanol–water partition coefficient (Wildman–Crippen LogP) is 3.87. The van der Waals surface area contributed by atoms with Crippen LogP contribution in [-0.4, -0.2) is 17.9 Å². The van der Waals surface area contributed by atoms with Gasteiger partial charge in [-0.2, -0.15) is 0 Å². The van der Waals surface area contributed by atoms with Gasteiger partial charge >= 0.3 is 0 Å². The van der Waals surface area contributed by atoms with Crippen molar-refractivity contribution in [3.05, 3.63) is 71.8 Å². The van der Waals surface area contributed by atoms with Crippen LogP contribution in [0.15, 0.2) is 60.7 Å². The lowest BCUT2D eigenvalue weighted by molar-refractivity contribution is -0.111. The Balaban J connectivity index is 2.00. The van der Waals surface area contributed by atoms with Gasteiger partial charge < -0.3 is 10.6 Å². The molecule has 0 spiro atoms. The minimum Gasteiger partial charge on any atom is -0.350 e. The van der Waals surface area contributed by atoms with E-state index in [1.807, 2.05) is 44.2 Å². The second kappa shape index (κ2) is 8.67. The van der Waals surface area contributed by atoms with Crippen LogP contribution in [0, 0.1) is 0 Å². The average molecular weight is 322 g/mol. The van der Waals surface area contributed by atoms with E-state index in [9.17, 15) is 9.59 Å². The summed E-state index contributed by atoms with van der Waals surface area (Å²) < 4.78 is 0. The van der Waals surface area contributed by atoms with Crippen molar-refractivity contribution in [1.29, 1.82) is 0 Å². The molecule has 0 aliphatic heterocycles. The largest absolute Gasteiger partial charge is 0.350 e. The molecule has 124 valence electrons. The number of benzene rings is 2. The molecule has 0 bridgehead atoms. The Morgan fingerprint density at radius 3 is 2.54 bits per heavy atom. The SMILES string of the molecule is CCC(C)NC(=O)c1cccc(NC(=O)/C=C/c2ccccc2)c1. The Bertz CT molecular complexity index is 723. The molecule has 24 heavy (non-hydrogen) atoms. The Morgan fingerprint density at radius 1 is 1.08 bits per heavy atom. The Labute approximate surface area is 142 Å². The van der Waals surface area contributed by atoms with Crippen LogP contribution in [0.3, 0.4) is 0 Å². The quantitative estimate of drug-likeness (QED) is 0.793. The highest BCUT2D eigenvalue weighted by Crippen LogP contribution is 2.11. The van der Waals surface area contributed by atoms with Crippen LogP contribution in [0.2, 0.25) is 0 Å². The van der Waals surface area contributed by atoms with E-state index in [4.69, 9.17) is 0 Å². The van der Waals surface area contributed by atoms with Crippen molar-refractivity contribution in [3.8, 4) is 0 Å². The highest BCUT2D eigenvalue weighted by atomic mass is 16.2. The second-order valence-electron chi connectivity index (χ2n) is 5.60. The van der Waals surface area contributed by atoms with E-state index in [0.717, 1.165) is 12.0 Å². The van der Waals surface area contributed by atoms with Gasteiger partial charge in [0.25, 0.3) is 5.91 Å². The Hall–Kier alpha value is -2.88. The predicted molar refractivity (Wildman–Crippen MR) is 97.8 cm³/mol. The molecule has 1 atom stereocenters. The summed E-state index contributed by atoms with van der Waals surface area (Å²) >= 11 is 0. The van der Waals surface area contributed by atoms with Gasteiger partial charge in [-0.3, -0.25) is 9.59 Å². The molecule has 0 aliphatic carbocycles. The van der Waals surface area contributed by atoms with E-state index in [1.165, 1.54) is 6.08 Å². The number of rotatable bonds is 6. The van der Waals surface area contributed by atoms with Gasteiger partial charge in [-0.25, -0.2) is 0 Å². The maximum Gasteiger partial charge on any atom is 0.251 e. The van der Waals surface area contributed by atoms with E-state index in [0.29, 0.717) is 11.3 Å². The van der Waals surface area contributed by atoms with Crippen LogP contribution >= 0.6 is 0 Å². The fourth-order valence-corrected chi connectivity index (χ4v) is 2.07. The molecule has 2 rings (SSSR count). The first-order chi connectivity index (χ1) is 11.6. The third-order valence-corrected chi connectivity index (χ3v) is 3.61. The maximum absolute atomic E-state index is 12.1. The van der Waals surface area contributed by atoms with Crippen molar-refractivity contribution < 1.29 is 9.59 Å². The highest BCUT2D eigenvalue weighted by Gasteiger charge is 2.09. The fourth-order valence-electron chi connectivity index (χ4n) is 2.07. The van der Waals surface area contributed by atoms with Gasteiger partial charge in [0.1, 0.15) is 0 Å². The summed E-state index contributed by atoms with van der Waals surface area (Å²) in [6.07, 6.45) is 4.09. The lowest BCUT2D eigenvalue weighted by Gasteiger charge is -2.12. The molecule has 0 fully saturated rings. The monoisotopic (exact) mass is 322 g/mol. The van der Waals surface area contributed by atoms with Gasteiger partial charge in [-0.05, 0) is 43.2 Å². The van der Waals surface area contributed by atoms with Gasteiger partial charge in [0.2, 0.25) is 5.91 Å². The molecule has 4 nitrogen and oxygen atoms in total. The van der Waals surface area contributed by atoms with Crippen molar-refractivity contribution in [2.45, 2.75) is 26.3 Å². The van der Waals surface area contributed by atoms with Crippen molar-refractivity contribution in [3.63, 3.8) is 0 Å². The number of carbonyl (C=O) groups is 2. The normalized spacial score (nSPS) is 11.9. The molecule has 0 radical (unpaired) electrons. The van der Waals surface area contributed by atoms with Crippen LogP contribution in [0.4, 0.5) is 5.69 Å². The molecular formula is C20H22N2O2. The molecule has 0 saturated heterocycles. The van der Waals surface area contributed by atoms with Crippen LogP contribution in [0.25, 0.3) is 6.08 Å². The highest BCUT2D eigenvalue weighted by molar-refractivity contribution is 6.03. The summed E-state index contributed by atoms with van der Waals surface area (Å²) in [4.78, 5) is 24.1. The summed E-state index contributed by atoms with van der Waals surface area (Å²) in [7, 11) is 0. The zero-order valence-electron chi connectivity index (χ0n) is 14.0. The number of amides is 2. The molecule has 2 aromatic rings. The second-order valence-corrected chi connectivity index (χ2v) is 5.60. The number of nitrogens with one attached hydrogen (secondary N) is 2. The molecule has 0 heterocycles. The van der Waals surface area contributed by atoms with Gasteiger partial charge in [0, 0.05) is 23.4 Å². The minimum absolute atomic E-state index is 0.115. The van der Waals surface area contributed by atoms with Crippen molar-refractivity contribution in [2.24, 2.45) is 0 Å². The third kappa shape index (κ3) is 5.39. The van der Waals surface area contributed by atoms with Gasteiger partial charge in [0.15, 0.2) is 0 Å². The van der Waals surface area contributed by atoms with Crippen molar-refractivity contribution in [2.75, 3.05) is 5.32 Å². The van der Waals surface area contributed by atoms with E-state index in [-0.39, 0.29) is 17.9 Å². The third-order valence-electron chi connectivity index (χ3n) is 3.61. The molecule has 4 heteroatoms. The molecule has 0 saturated carbocycles. The standard InChI is InChI=1S/C20H22N2O2/c1-3-15(2)21-20(24)17-10-7-11-18(14-17)22-19(23)13-12-16-8-5-4-6-9-16/h4-15H,3H2,1-2H3,(H,21,24)(H,22,23)/b13-12+. The van der Waals surface area contributed by atoms with Crippen molar-refractivity contribution >= 4 is 23.6 Å². The van der Waals surface area contributed by atoms with E-state index < -0.39 is 0 Å². The summed E-state index contributed by atoms with van der Waals surface area (Å²) in [5.74, 6) is -0.376. The molecule has 0 aromatic heterocycles. The summed E-state index contributed by atoms with van der Waals surface area (Å²) in [5.41, 5.74) is 2.07. The fraction of sp³-hybridized carbons (Fsp3) is 0.200.